The normalized spacial score (nSPS) is 12.4. The van der Waals surface area contributed by atoms with Crippen molar-refractivity contribution in [1.82, 2.24) is 15.5 Å². The van der Waals surface area contributed by atoms with E-state index in [-0.39, 0.29) is 17.1 Å². The van der Waals surface area contributed by atoms with Crippen molar-refractivity contribution in [3.8, 4) is 0 Å². The molecule has 0 aliphatic rings. The molecular weight excluding hydrogens is 283 g/mol. The highest BCUT2D eigenvalue weighted by atomic mass is 35.5. The second kappa shape index (κ2) is 6.67. The third-order valence-corrected chi connectivity index (χ3v) is 3.00. The predicted octanol–water partition coefficient (Wildman–Crippen LogP) is 3.67. The van der Waals surface area contributed by atoms with E-state index in [4.69, 9.17) is 16.0 Å². The molecule has 0 aliphatic heterocycles. The van der Waals surface area contributed by atoms with Crippen molar-refractivity contribution >= 4 is 23.3 Å². The zero-order valence-corrected chi connectivity index (χ0v) is 12.0. The molecule has 2 aromatic rings. The smallest absolute Gasteiger partial charge is 0.320 e. The fourth-order valence-corrected chi connectivity index (χ4v) is 1.83. The molecule has 108 valence electrons. The van der Waals surface area contributed by atoms with Crippen LogP contribution in [0.4, 0.5) is 16.1 Å². The highest BCUT2D eigenvalue weighted by molar-refractivity contribution is 6.33. The van der Waals surface area contributed by atoms with Gasteiger partial charge in [-0.05, 0) is 38.1 Å². The van der Waals surface area contributed by atoms with Gasteiger partial charge in [-0.25, -0.2) is 4.39 Å². The highest BCUT2D eigenvalue weighted by Gasteiger charge is 2.13. The minimum Gasteiger partial charge on any atom is -0.406 e. The zero-order chi connectivity index (χ0) is 14.5. The van der Waals surface area contributed by atoms with Gasteiger partial charge in [-0.3, -0.25) is 0 Å². The van der Waals surface area contributed by atoms with Gasteiger partial charge in [0.1, 0.15) is 5.82 Å². The number of benzene rings is 1. The van der Waals surface area contributed by atoms with Crippen LogP contribution >= 0.6 is 11.6 Å². The Morgan fingerprint density at radius 1 is 1.40 bits per heavy atom. The minimum absolute atomic E-state index is 0.0262. The van der Waals surface area contributed by atoms with E-state index in [1.807, 2.05) is 6.92 Å². The first-order valence-electron chi connectivity index (χ1n) is 6.39. The third-order valence-electron chi connectivity index (χ3n) is 2.68. The lowest BCUT2D eigenvalue weighted by Gasteiger charge is -2.07. The number of hydrogen-bond acceptors (Lipinski definition) is 5. The standard InChI is InChI=1S/C13H16ClFN4O/c1-3-6-16-8(2)12-18-19-13(20-12)17-11-5-4-9(15)7-10(11)14/h4-5,7-8,16H,3,6H2,1-2H3,(H,17,19). The Morgan fingerprint density at radius 3 is 2.90 bits per heavy atom. The van der Waals surface area contributed by atoms with Crippen LogP contribution in [0, 0.1) is 5.82 Å². The van der Waals surface area contributed by atoms with E-state index in [0.717, 1.165) is 13.0 Å². The molecule has 1 heterocycles. The van der Waals surface area contributed by atoms with Crippen molar-refractivity contribution < 1.29 is 8.81 Å². The highest BCUT2D eigenvalue weighted by Crippen LogP contribution is 2.26. The van der Waals surface area contributed by atoms with Crippen molar-refractivity contribution in [3.63, 3.8) is 0 Å². The third kappa shape index (κ3) is 3.68. The van der Waals surface area contributed by atoms with E-state index in [1.165, 1.54) is 18.2 Å². The van der Waals surface area contributed by atoms with Crippen LogP contribution in [-0.4, -0.2) is 16.7 Å². The molecule has 2 N–H and O–H groups in total. The van der Waals surface area contributed by atoms with Crippen molar-refractivity contribution in [2.75, 3.05) is 11.9 Å². The van der Waals surface area contributed by atoms with Crippen LogP contribution < -0.4 is 10.6 Å². The number of hydrogen-bond donors (Lipinski definition) is 2. The maximum atomic E-state index is 12.9. The van der Waals surface area contributed by atoms with Gasteiger partial charge in [-0.2, -0.15) is 0 Å². The van der Waals surface area contributed by atoms with Crippen LogP contribution in [0.15, 0.2) is 22.6 Å². The van der Waals surface area contributed by atoms with Crippen LogP contribution in [0.2, 0.25) is 5.02 Å². The second-order valence-electron chi connectivity index (χ2n) is 4.37. The topological polar surface area (TPSA) is 63.0 Å². The Kier molecular flexibility index (Phi) is 4.92. The molecule has 0 spiro atoms. The average Bonchev–Trinajstić information content (AvgIpc) is 2.88. The largest absolute Gasteiger partial charge is 0.406 e. The maximum absolute atomic E-state index is 12.9. The van der Waals surface area contributed by atoms with Gasteiger partial charge in [0.05, 0.1) is 16.8 Å². The molecular formula is C13H16ClFN4O. The Morgan fingerprint density at radius 2 is 2.20 bits per heavy atom. The van der Waals surface area contributed by atoms with Crippen molar-refractivity contribution in [2.45, 2.75) is 26.3 Å². The minimum atomic E-state index is -0.399. The van der Waals surface area contributed by atoms with E-state index < -0.39 is 5.82 Å². The van der Waals surface area contributed by atoms with E-state index in [9.17, 15) is 4.39 Å². The quantitative estimate of drug-likeness (QED) is 0.852. The first-order chi connectivity index (χ1) is 9.60. The number of anilines is 2. The summed E-state index contributed by atoms with van der Waals surface area (Å²) in [6, 6.07) is 4.23. The summed E-state index contributed by atoms with van der Waals surface area (Å²) in [5.41, 5.74) is 0.512. The molecule has 20 heavy (non-hydrogen) atoms. The number of nitrogens with one attached hydrogen (secondary N) is 2. The molecule has 1 aromatic heterocycles. The molecule has 7 heteroatoms. The summed E-state index contributed by atoms with van der Waals surface area (Å²) < 4.78 is 18.4. The van der Waals surface area contributed by atoms with E-state index in [0.29, 0.717) is 11.6 Å². The molecule has 5 nitrogen and oxygen atoms in total. The fourth-order valence-electron chi connectivity index (χ4n) is 1.61. The van der Waals surface area contributed by atoms with Gasteiger partial charge in [0.15, 0.2) is 0 Å². The Balaban J connectivity index is 2.05. The van der Waals surface area contributed by atoms with Gasteiger partial charge in [-0.15, -0.1) is 5.10 Å². The summed E-state index contributed by atoms with van der Waals surface area (Å²) in [5.74, 6) is 0.0864. The molecule has 0 amide bonds. The van der Waals surface area contributed by atoms with E-state index in [1.54, 1.807) is 0 Å². The van der Waals surface area contributed by atoms with Crippen LogP contribution in [0.3, 0.4) is 0 Å². The Labute approximate surface area is 121 Å². The molecule has 0 fully saturated rings. The summed E-state index contributed by atoms with van der Waals surface area (Å²) in [7, 11) is 0. The summed E-state index contributed by atoms with van der Waals surface area (Å²) in [6.07, 6.45) is 1.02. The zero-order valence-electron chi connectivity index (χ0n) is 11.3. The van der Waals surface area contributed by atoms with Gasteiger partial charge in [0, 0.05) is 0 Å². The molecule has 1 atom stereocenters. The SMILES string of the molecule is CCCNC(C)c1nnc(Nc2ccc(F)cc2Cl)o1. The van der Waals surface area contributed by atoms with Crippen LogP contribution in [-0.2, 0) is 0 Å². The van der Waals surface area contributed by atoms with Gasteiger partial charge >= 0.3 is 6.01 Å². The summed E-state index contributed by atoms with van der Waals surface area (Å²) in [4.78, 5) is 0. The number of aromatic nitrogens is 2. The lowest BCUT2D eigenvalue weighted by atomic mass is 10.3. The van der Waals surface area contributed by atoms with Gasteiger partial charge < -0.3 is 15.1 Å². The van der Waals surface area contributed by atoms with Crippen LogP contribution in [0.25, 0.3) is 0 Å². The number of halogens is 2. The molecule has 2 rings (SSSR count). The van der Waals surface area contributed by atoms with Crippen LogP contribution in [0.5, 0.6) is 0 Å². The van der Waals surface area contributed by atoms with Gasteiger partial charge in [0.25, 0.3) is 0 Å². The van der Waals surface area contributed by atoms with E-state index in [2.05, 4.69) is 27.8 Å². The van der Waals surface area contributed by atoms with Crippen molar-refractivity contribution in [2.24, 2.45) is 0 Å². The Bertz CT molecular complexity index is 575. The lowest BCUT2D eigenvalue weighted by molar-refractivity contribution is 0.424. The number of rotatable bonds is 6. The molecule has 0 aliphatic carbocycles. The average molecular weight is 299 g/mol. The second-order valence-corrected chi connectivity index (χ2v) is 4.78. The molecule has 1 aromatic carbocycles. The number of nitrogens with zero attached hydrogens (tertiary/aromatic N) is 2. The molecule has 0 radical (unpaired) electrons. The summed E-state index contributed by atoms with van der Waals surface area (Å²) >= 11 is 5.91. The molecule has 0 bridgehead atoms. The van der Waals surface area contributed by atoms with E-state index >= 15 is 0 Å². The fraction of sp³-hybridized carbons (Fsp3) is 0.385. The van der Waals surface area contributed by atoms with Crippen molar-refractivity contribution in [1.29, 1.82) is 0 Å². The Hall–Kier alpha value is -1.66. The molecule has 0 saturated heterocycles. The predicted molar refractivity (Wildman–Crippen MR) is 75.7 cm³/mol. The summed E-state index contributed by atoms with van der Waals surface area (Å²) in [5, 5.41) is 14.2. The van der Waals surface area contributed by atoms with Crippen molar-refractivity contribution in [3.05, 3.63) is 34.9 Å². The molecule has 1 unspecified atom stereocenters. The first-order valence-corrected chi connectivity index (χ1v) is 6.76. The van der Waals surface area contributed by atoms with Gasteiger partial charge in [0.2, 0.25) is 5.89 Å². The lowest BCUT2D eigenvalue weighted by Crippen LogP contribution is -2.19. The first kappa shape index (κ1) is 14.7. The van der Waals surface area contributed by atoms with Gasteiger partial charge in [-0.1, -0.05) is 23.6 Å². The maximum Gasteiger partial charge on any atom is 0.320 e. The molecule has 0 saturated carbocycles. The summed E-state index contributed by atoms with van der Waals surface area (Å²) in [6.45, 7) is 4.89. The van der Waals surface area contributed by atoms with Crippen LogP contribution in [0.1, 0.15) is 32.2 Å². The monoisotopic (exact) mass is 298 g/mol.